The Labute approximate surface area is 261 Å². The quantitative estimate of drug-likeness (QED) is 0.0976. The molecule has 0 aliphatic heterocycles. The number of hydrogen-bond donors (Lipinski definition) is 0. The van der Waals surface area contributed by atoms with E-state index >= 15 is 0 Å². The summed E-state index contributed by atoms with van der Waals surface area (Å²) in [5.74, 6) is 13.8. The summed E-state index contributed by atoms with van der Waals surface area (Å²) in [4.78, 5) is 0. The molecule has 0 unspecified atom stereocenters. The third-order valence-electron chi connectivity index (χ3n) is 8.85. The van der Waals surface area contributed by atoms with Gasteiger partial charge in [0.05, 0.1) is 0 Å². The van der Waals surface area contributed by atoms with E-state index in [1.807, 2.05) is 0 Å². The summed E-state index contributed by atoms with van der Waals surface area (Å²) in [5.41, 5.74) is 7.09. The minimum atomic E-state index is 0.132. The van der Waals surface area contributed by atoms with Crippen molar-refractivity contribution < 1.29 is 0 Å². The van der Waals surface area contributed by atoms with E-state index in [2.05, 4.69) is 174 Å². The Balaban J connectivity index is 1.34. The second-order valence-electron chi connectivity index (χ2n) is 13.9. The van der Waals surface area contributed by atoms with Gasteiger partial charge in [0.25, 0.3) is 0 Å². The van der Waals surface area contributed by atoms with E-state index in [0.29, 0.717) is 0 Å². The summed E-state index contributed by atoms with van der Waals surface area (Å²) in [6.45, 7) is 13.4. The van der Waals surface area contributed by atoms with Gasteiger partial charge >= 0.3 is 0 Å². The predicted molar refractivity (Wildman–Crippen MR) is 190 cm³/mol. The molecule has 0 heteroatoms. The number of hydrogen-bond acceptors (Lipinski definition) is 0. The molecular formula is C44H36. The van der Waals surface area contributed by atoms with E-state index in [0.717, 1.165) is 22.3 Å². The zero-order valence-corrected chi connectivity index (χ0v) is 26.4. The van der Waals surface area contributed by atoms with Crippen molar-refractivity contribution in [1.29, 1.82) is 0 Å². The predicted octanol–water partition coefficient (Wildman–Crippen LogP) is 11.1. The molecule has 0 saturated heterocycles. The van der Waals surface area contributed by atoms with Gasteiger partial charge in [-0.1, -0.05) is 138 Å². The van der Waals surface area contributed by atoms with Crippen LogP contribution in [0.1, 0.15) is 74.9 Å². The van der Waals surface area contributed by atoms with Gasteiger partial charge in [0.2, 0.25) is 0 Å². The molecule has 7 rings (SSSR count). The van der Waals surface area contributed by atoms with Gasteiger partial charge in [0, 0.05) is 22.3 Å². The first kappa shape index (κ1) is 27.8. The minimum Gasteiger partial charge on any atom is -0.0616 e. The average Bonchev–Trinajstić information content (AvgIpc) is 3.01. The van der Waals surface area contributed by atoms with Crippen LogP contribution in [0.5, 0.6) is 0 Å². The fraction of sp³-hybridized carbons (Fsp3) is 0.182. The molecule has 0 aromatic heterocycles. The highest BCUT2D eigenvalue weighted by Crippen LogP contribution is 2.41. The Hall–Kier alpha value is -5.04. The highest BCUT2D eigenvalue weighted by atomic mass is 14.2. The Bertz CT molecular complexity index is 2120. The molecule has 0 amide bonds. The molecule has 7 aromatic carbocycles. The zero-order chi connectivity index (χ0) is 30.6. The molecular weight excluding hydrogens is 528 g/mol. The number of rotatable bonds is 0. The van der Waals surface area contributed by atoms with Crippen molar-refractivity contribution in [2.24, 2.45) is 0 Å². The van der Waals surface area contributed by atoms with Crippen molar-refractivity contribution in [1.82, 2.24) is 0 Å². The fourth-order valence-electron chi connectivity index (χ4n) is 6.32. The molecule has 212 valence electrons. The third-order valence-corrected chi connectivity index (χ3v) is 8.85. The van der Waals surface area contributed by atoms with E-state index in [-0.39, 0.29) is 10.8 Å². The lowest BCUT2D eigenvalue weighted by molar-refractivity contribution is 0.590. The van der Waals surface area contributed by atoms with Gasteiger partial charge < -0.3 is 0 Å². The highest BCUT2D eigenvalue weighted by molar-refractivity contribution is 6.33. The van der Waals surface area contributed by atoms with Gasteiger partial charge in [-0.25, -0.2) is 0 Å². The molecule has 0 radical (unpaired) electrons. The third kappa shape index (κ3) is 4.88. The fourth-order valence-corrected chi connectivity index (χ4v) is 6.32. The smallest absolute Gasteiger partial charge is 0.0328 e. The van der Waals surface area contributed by atoms with Crippen molar-refractivity contribution in [3.05, 3.63) is 143 Å². The first-order valence-corrected chi connectivity index (χ1v) is 15.5. The Kier molecular flexibility index (Phi) is 6.50. The van der Waals surface area contributed by atoms with Gasteiger partial charge in [-0.05, 0) is 101 Å². The first-order valence-electron chi connectivity index (χ1n) is 15.5. The SMILES string of the molecule is CC(C)(C)c1ccc(C#Cc2ccc3c4ccc(C#Cc5ccc(C(C)(C)C)cc5)c5cccc(c6cccc2c63)c54)cc1. The summed E-state index contributed by atoms with van der Waals surface area (Å²) in [6, 6.07) is 39.5. The van der Waals surface area contributed by atoms with Crippen molar-refractivity contribution in [3.8, 4) is 23.7 Å². The van der Waals surface area contributed by atoms with Gasteiger partial charge in [-0.15, -0.1) is 0 Å². The summed E-state index contributed by atoms with van der Waals surface area (Å²) >= 11 is 0. The Morgan fingerprint density at radius 3 is 1.05 bits per heavy atom. The monoisotopic (exact) mass is 564 g/mol. The summed E-state index contributed by atoms with van der Waals surface area (Å²) in [6.07, 6.45) is 0. The Morgan fingerprint density at radius 1 is 0.341 bits per heavy atom. The summed E-state index contributed by atoms with van der Waals surface area (Å²) < 4.78 is 0. The van der Waals surface area contributed by atoms with Crippen LogP contribution in [0, 0.1) is 23.7 Å². The van der Waals surface area contributed by atoms with Crippen LogP contribution in [0.25, 0.3) is 43.1 Å². The van der Waals surface area contributed by atoms with E-state index in [1.54, 1.807) is 0 Å². The van der Waals surface area contributed by atoms with Crippen molar-refractivity contribution >= 4 is 43.1 Å². The molecule has 0 atom stereocenters. The van der Waals surface area contributed by atoms with E-state index in [1.165, 1.54) is 54.2 Å². The molecule has 0 saturated carbocycles. The maximum atomic E-state index is 3.50. The van der Waals surface area contributed by atoms with Crippen LogP contribution >= 0.6 is 0 Å². The molecule has 7 aromatic rings. The molecule has 0 nitrogen and oxygen atoms in total. The zero-order valence-electron chi connectivity index (χ0n) is 26.4. The van der Waals surface area contributed by atoms with Crippen LogP contribution in [0.2, 0.25) is 0 Å². The van der Waals surface area contributed by atoms with Crippen molar-refractivity contribution in [2.75, 3.05) is 0 Å². The molecule has 0 spiro atoms. The Morgan fingerprint density at radius 2 is 0.682 bits per heavy atom. The van der Waals surface area contributed by atoms with Crippen molar-refractivity contribution in [2.45, 2.75) is 52.4 Å². The lowest BCUT2D eigenvalue weighted by Gasteiger charge is -2.18. The maximum absolute atomic E-state index is 3.50. The van der Waals surface area contributed by atoms with Crippen LogP contribution in [0.4, 0.5) is 0 Å². The van der Waals surface area contributed by atoms with Crippen molar-refractivity contribution in [3.63, 3.8) is 0 Å². The molecule has 0 bridgehead atoms. The molecule has 0 aliphatic carbocycles. The lowest BCUT2D eigenvalue weighted by Crippen LogP contribution is -2.10. The standard InChI is InChI=1S/C44H36/c1-43(2,3)33-23-15-29(16-24-33)13-19-31-21-27-39-40-28-22-32(20-14-30-17-25-34(26-18-30)44(4,5)6)36-10-8-12-38(42(36)40)37-11-7-9-35(31)41(37)39/h7-12,15-18,21-28H,1-6H3. The average molecular weight is 565 g/mol. The lowest BCUT2D eigenvalue weighted by atomic mass is 9.86. The van der Waals surface area contributed by atoms with Crippen LogP contribution in [0.15, 0.2) is 109 Å². The molecule has 0 heterocycles. The topological polar surface area (TPSA) is 0 Å². The van der Waals surface area contributed by atoms with Gasteiger partial charge in [-0.3, -0.25) is 0 Å². The minimum absolute atomic E-state index is 0.132. The van der Waals surface area contributed by atoms with Crippen LogP contribution < -0.4 is 0 Å². The first-order chi connectivity index (χ1) is 21.1. The normalized spacial score (nSPS) is 12.0. The molecule has 0 N–H and O–H groups in total. The van der Waals surface area contributed by atoms with E-state index in [9.17, 15) is 0 Å². The maximum Gasteiger partial charge on any atom is 0.0328 e. The van der Waals surface area contributed by atoms with Gasteiger partial charge in [-0.2, -0.15) is 0 Å². The summed E-state index contributed by atoms with van der Waals surface area (Å²) in [7, 11) is 0. The number of benzene rings is 7. The second kappa shape index (κ2) is 10.3. The van der Waals surface area contributed by atoms with Gasteiger partial charge in [0.1, 0.15) is 0 Å². The van der Waals surface area contributed by atoms with Crippen LogP contribution in [-0.2, 0) is 10.8 Å². The van der Waals surface area contributed by atoms with Crippen LogP contribution in [0.3, 0.4) is 0 Å². The van der Waals surface area contributed by atoms with Gasteiger partial charge in [0.15, 0.2) is 0 Å². The highest BCUT2D eigenvalue weighted by Gasteiger charge is 2.16. The van der Waals surface area contributed by atoms with Crippen LogP contribution in [-0.4, -0.2) is 0 Å². The molecule has 0 aliphatic rings. The number of fused-ring (bicyclic) bond motifs is 2. The second-order valence-corrected chi connectivity index (χ2v) is 13.9. The molecule has 0 fully saturated rings. The summed E-state index contributed by atoms with van der Waals surface area (Å²) in [5, 5.41) is 10.00. The van der Waals surface area contributed by atoms with E-state index in [4.69, 9.17) is 0 Å². The molecule has 44 heavy (non-hydrogen) atoms. The van der Waals surface area contributed by atoms with E-state index < -0.39 is 0 Å². The largest absolute Gasteiger partial charge is 0.0616 e.